The minimum absolute atomic E-state index is 0.459. The van der Waals surface area contributed by atoms with Crippen molar-refractivity contribution in [2.24, 2.45) is 5.92 Å². The smallest absolute Gasteiger partial charge is 0.0281 e. The number of hydrogen-bond donors (Lipinski definition) is 0. The zero-order valence-corrected chi connectivity index (χ0v) is 11.9. The molecule has 19 heavy (non-hydrogen) atoms. The van der Waals surface area contributed by atoms with Crippen molar-refractivity contribution in [1.82, 2.24) is 0 Å². The third-order valence-corrected chi connectivity index (χ3v) is 3.95. The highest BCUT2D eigenvalue weighted by molar-refractivity contribution is 5.78. The minimum Gasteiger partial charge on any atom is -0.0694 e. The Kier molecular flexibility index (Phi) is 3.02. The lowest BCUT2D eigenvalue weighted by Gasteiger charge is -2.20. The van der Waals surface area contributed by atoms with Gasteiger partial charge in [0.2, 0.25) is 0 Å². The first-order chi connectivity index (χ1) is 9.17. The van der Waals surface area contributed by atoms with Gasteiger partial charge in [0.05, 0.1) is 0 Å². The van der Waals surface area contributed by atoms with Crippen LogP contribution in [0.25, 0.3) is 5.57 Å². The molecule has 1 aromatic carbocycles. The topological polar surface area (TPSA) is 0 Å². The van der Waals surface area contributed by atoms with Crippen LogP contribution in [0.1, 0.15) is 30.0 Å². The van der Waals surface area contributed by atoms with Crippen LogP contribution in [-0.4, -0.2) is 0 Å². The Morgan fingerprint density at radius 3 is 2.47 bits per heavy atom. The highest BCUT2D eigenvalue weighted by Crippen LogP contribution is 2.40. The first-order valence-electron chi connectivity index (χ1n) is 7.06. The average molecular weight is 248 g/mol. The van der Waals surface area contributed by atoms with Crippen molar-refractivity contribution in [2.45, 2.75) is 27.2 Å². The molecule has 1 unspecified atom stereocenters. The van der Waals surface area contributed by atoms with Crippen LogP contribution in [0.15, 0.2) is 59.7 Å². The number of benzene rings is 1. The molecule has 0 saturated carbocycles. The lowest BCUT2D eigenvalue weighted by Crippen LogP contribution is -2.04. The van der Waals surface area contributed by atoms with E-state index < -0.39 is 0 Å². The van der Waals surface area contributed by atoms with E-state index in [1.54, 1.807) is 0 Å². The van der Waals surface area contributed by atoms with Gasteiger partial charge in [0, 0.05) is 5.92 Å². The van der Waals surface area contributed by atoms with E-state index in [4.69, 9.17) is 0 Å². The summed E-state index contributed by atoms with van der Waals surface area (Å²) < 4.78 is 0. The maximum absolute atomic E-state index is 2.42. The fourth-order valence-electron chi connectivity index (χ4n) is 3.09. The summed E-state index contributed by atoms with van der Waals surface area (Å²) in [6.07, 6.45) is 12.6. The van der Waals surface area contributed by atoms with Crippen molar-refractivity contribution < 1.29 is 0 Å². The Balaban J connectivity index is 2.06. The molecule has 0 saturated heterocycles. The fourth-order valence-corrected chi connectivity index (χ4v) is 3.09. The Morgan fingerprint density at radius 1 is 1.05 bits per heavy atom. The molecule has 0 radical (unpaired) electrons. The predicted octanol–water partition coefficient (Wildman–Crippen LogP) is 5.15. The molecule has 0 fully saturated rings. The summed E-state index contributed by atoms with van der Waals surface area (Å²) in [7, 11) is 0. The van der Waals surface area contributed by atoms with Gasteiger partial charge in [-0.25, -0.2) is 0 Å². The summed E-state index contributed by atoms with van der Waals surface area (Å²) in [5.41, 5.74) is 8.38. The van der Waals surface area contributed by atoms with Gasteiger partial charge in [-0.15, -0.1) is 0 Å². The van der Waals surface area contributed by atoms with Crippen LogP contribution in [0.5, 0.6) is 0 Å². The maximum Gasteiger partial charge on any atom is 0.0281 e. The summed E-state index contributed by atoms with van der Waals surface area (Å²) in [5, 5.41) is 0. The van der Waals surface area contributed by atoms with Crippen molar-refractivity contribution in [2.75, 3.05) is 0 Å². The molecule has 0 nitrogen and oxygen atoms in total. The summed E-state index contributed by atoms with van der Waals surface area (Å²) >= 11 is 0. The molecule has 2 aliphatic carbocycles. The molecule has 1 aromatic rings. The van der Waals surface area contributed by atoms with Crippen molar-refractivity contribution in [3.8, 4) is 0 Å². The van der Waals surface area contributed by atoms with Gasteiger partial charge in [-0.05, 0) is 37.0 Å². The SMILES string of the molecule is CCC1=CC2C(=C1)C=CC=C2c1cc(C)cc(C)c1. The van der Waals surface area contributed by atoms with Gasteiger partial charge in [-0.1, -0.05) is 72.2 Å². The normalized spacial score (nSPS) is 20.8. The van der Waals surface area contributed by atoms with E-state index in [2.05, 4.69) is 69.4 Å². The molecule has 0 aliphatic heterocycles. The number of rotatable bonds is 2. The van der Waals surface area contributed by atoms with Crippen LogP contribution in [0.4, 0.5) is 0 Å². The monoisotopic (exact) mass is 248 g/mol. The number of fused-ring (bicyclic) bond motifs is 1. The average Bonchev–Trinajstić information content (AvgIpc) is 2.80. The number of allylic oxidation sites excluding steroid dienone is 8. The Labute approximate surface area is 115 Å². The Morgan fingerprint density at radius 2 is 1.79 bits per heavy atom. The van der Waals surface area contributed by atoms with Crippen LogP contribution < -0.4 is 0 Å². The van der Waals surface area contributed by atoms with Gasteiger partial charge >= 0.3 is 0 Å². The fraction of sp³-hybridized carbons (Fsp3) is 0.263. The van der Waals surface area contributed by atoms with E-state index in [0.717, 1.165) is 6.42 Å². The number of hydrogen-bond acceptors (Lipinski definition) is 0. The van der Waals surface area contributed by atoms with Crippen molar-refractivity contribution in [3.05, 3.63) is 76.4 Å². The predicted molar refractivity (Wildman–Crippen MR) is 83.0 cm³/mol. The second kappa shape index (κ2) is 4.70. The lowest BCUT2D eigenvalue weighted by atomic mass is 9.84. The molecule has 0 N–H and O–H groups in total. The molecule has 0 spiro atoms. The zero-order valence-electron chi connectivity index (χ0n) is 11.9. The van der Waals surface area contributed by atoms with Crippen LogP contribution in [0.2, 0.25) is 0 Å². The summed E-state index contributed by atoms with van der Waals surface area (Å²) in [4.78, 5) is 0. The van der Waals surface area contributed by atoms with E-state index in [1.807, 2.05) is 0 Å². The lowest BCUT2D eigenvalue weighted by molar-refractivity contribution is 1.03. The zero-order chi connectivity index (χ0) is 13.4. The molecule has 0 bridgehead atoms. The van der Waals surface area contributed by atoms with Crippen LogP contribution in [0.3, 0.4) is 0 Å². The van der Waals surface area contributed by atoms with Crippen LogP contribution in [0, 0.1) is 19.8 Å². The molecular formula is C19H20. The van der Waals surface area contributed by atoms with E-state index in [-0.39, 0.29) is 0 Å². The maximum atomic E-state index is 2.42. The highest BCUT2D eigenvalue weighted by Gasteiger charge is 2.23. The number of aryl methyl sites for hydroxylation is 2. The van der Waals surface area contributed by atoms with E-state index in [9.17, 15) is 0 Å². The summed E-state index contributed by atoms with van der Waals surface area (Å²) in [5.74, 6) is 0.459. The molecule has 1 atom stereocenters. The molecule has 96 valence electrons. The quantitative estimate of drug-likeness (QED) is 0.679. The van der Waals surface area contributed by atoms with Crippen LogP contribution in [-0.2, 0) is 0 Å². The Bertz CT molecular complexity index is 616. The van der Waals surface area contributed by atoms with Gasteiger partial charge in [0.15, 0.2) is 0 Å². The summed E-state index contributed by atoms with van der Waals surface area (Å²) in [6.45, 7) is 6.58. The molecule has 0 aromatic heterocycles. The van der Waals surface area contributed by atoms with E-state index in [0.29, 0.717) is 5.92 Å². The van der Waals surface area contributed by atoms with Crippen molar-refractivity contribution >= 4 is 5.57 Å². The van der Waals surface area contributed by atoms with E-state index in [1.165, 1.54) is 33.4 Å². The summed E-state index contributed by atoms with van der Waals surface area (Å²) in [6, 6.07) is 6.84. The van der Waals surface area contributed by atoms with Gasteiger partial charge < -0.3 is 0 Å². The molecule has 0 heteroatoms. The Hall–Kier alpha value is -1.82. The third kappa shape index (κ3) is 2.23. The largest absolute Gasteiger partial charge is 0.0694 e. The molecule has 0 amide bonds. The van der Waals surface area contributed by atoms with Gasteiger partial charge in [0.1, 0.15) is 0 Å². The second-order valence-electron chi connectivity index (χ2n) is 5.57. The third-order valence-electron chi connectivity index (χ3n) is 3.95. The van der Waals surface area contributed by atoms with Crippen molar-refractivity contribution in [1.29, 1.82) is 0 Å². The second-order valence-corrected chi connectivity index (χ2v) is 5.57. The standard InChI is InChI=1S/C19H20/c1-4-15-11-16-6-5-7-18(19(16)12-15)17-9-13(2)8-14(3)10-17/h5-12,19H,4H2,1-3H3. The minimum atomic E-state index is 0.459. The van der Waals surface area contributed by atoms with E-state index >= 15 is 0 Å². The molecule has 0 heterocycles. The first-order valence-corrected chi connectivity index (χ1v) is 7.06. The van der Waals surface area contributed by atoms with Gasteiger partial charge in [0.25, 0.3) is 0 Å². The highest BCUT2D eigenvalue weighted by atomic mass is 14.3. The molecule has 3 rings (SSSR count). The van der Waals surface area contributed by atoms with Gasteiger partial charge in [-0.3, -0.25) is 0 Å². The van der Waals surface area contributed by atoms with Crippen molar-refractivity contribution in [3.63, 3.8) is 0 Å². The van der Waals surface area contributed by atoms with Gasteiger partial charge in [-0.2, -0.15) is 0 Å². The molecule has 2 aliphatic rings. The van der Waals surface area contributed by atoms with Crippen LogP contribution >= 0.6 is 0 Å². The first kappa shape index (κ1) is 12.2. The molecular weight excluding hydrogens is 228 g/mol.